The average Bonchev–Trinajstić information content (AvgIpc) is 2.45. The first-order chi connectivity index (χ1) is 9.12. The van der Waals surface area contributed by atoms with Crippen LogP contribution in [0.25, 0.3) is 0 Å². The summed E-state index contributed by atoms with van der Waals surface area (Å²) in [4.78, 5) is 11.0. The molecule has 1 N–H and O–H groups in total. The van der Waals surface area contributed by atoms with E-state index in [4.69, 9.17) is 9.47 Å². The van der Waals surface area contributed by atoms with E-state index in [9.17, 15) is 4.79 Å². The molecule has 0 fully saturated rings. The predicted octanol–water partition coefficient (Wildman–Crippen LogP) is 1.92. The third kappa shape index (κ3) is 4.44. The molecular weight excluding hydrogens is 246 g/mol. The van der Waals surface area contributed by atoms with Gasteiger partial charge in [0.1, 0.15) is 0 Å². The maximum atomic E-state index is 11.0. The van der Waals surface area contributed by atoms with Gasteiger partial charge in [-0.25, -0.2) is 0 Å². The first-order valence-corrected chi connectivity index (χ1v) is 6.14. The van der Waals surface area contributed by atoms with E-state index in [2.05, 4.69) is 10.1 Å². The highest BCUT2D eigenvalue weighted by molar-refractivity contribution is 5.69. The van der Waals surface area contributed by atoms with E-state index in [1.54, 1.807) is 14.2 Å². The molecule has 0 aromatic heterocycles. The number of carbonyl (C=O) groups excluding carboxylic acids is 1. The van der Waals surface area contributed by atoms with Gasteiger partial charge in [0.2, 0.25) is 0 Å². The van der Waals surface area contributed by atoms with Crippen LogP contribution in [-0.2, 0) is 9.53 Å². The molecule has 0 aliphatic heterocycles. The lowest BCUT2D eigenvalue weighted by Gasteiger charge is -2.16. The van der Waals surface area contributed by atoms with Crippen molar-refractivity contribution in [3.05, 3.63) is 23.8 Å². The van der Waals surface area contributed by atoms with Crippen molar-refractivity contribution in [3.63, 3.8) is 0 Å². The first kappa shape index (κ1) is 15.3. The summed E-state index contributed by atoms with van der Waals surface area (Å²) >= 11 is 0. The zero-order valence-electron chi connectivity index (χ0n) is 11.9. The van der Waals surface area contributed by atoms with Crippen LogP contribution in [0.1, 0.15) is 24.9 Å². The van der Waals surface area contributed by atoms with Crippen molar-refractivity contribution in [1.29, 1.82) is 0 Å². The van der Waals surface area contributed by atoms with Gasteiger partial charge in [0.25, 0.3) is 0 Å². The maximum Gasteiger partial charge on any atom is 0.306 e. The monoisotopic (exact) mass is 267 g/mol. The summed E-state index contributed by atoms with van der Waals surface area (Å²) in [7, 11) is 4.60. The van der Waals surface area contributed by atoms with Gasteiger partial charge < -0.3 is 19.5 Å². The number of methoxy groups -OCH3 is 3. The van der Waals surface area contributed by atoms with Crippen LogP contribution in [0.3, 0.4) is 0 Å². The predicted molar refractivity (Wildman–Crippen MR) is 72.6 cm³/mol. The number of hydrogen-bond acceptors (Lipinski definition) is 5. The van der Waals surface area contributed by atoms with Crippen LogP contribution in [0, 0.1) is 0 Å². The van der Waals surface area contributed by atoms with Crippen LogP contribution in [-0.4, -0.2) is 33.8 Å². The van der Waals surface area contributed by atoms with Crippen molar-refractivity contribution in [3.8, 4) is 11.5 Å². The topological polar surface area (TPSA) is 56.8 Å². The first-order valence-electron chi connectivity index (χ1n) is 6.14. The van der Waals surface area contributed by atoms with Gasteiger partial charge in [-0.05, 0) is 24.6 Å². The van der Waals surface area contributed by atoms with Crippen molar-refractivity contribution in [1.82, 2.24) is 5.32 Å². The highest BCUT2D eigenvalue weighted by atomic mass is 16.5. The maximum absolute atomic E-state index is 11.0. The minimum Gasteiger partial charge on any atom is -0.493 e. The van der Waals surface area contributed by atoms with Gasteiger partial charge in [-0.15, -0.1) is 0 Å². The number of hydrogen-bond donors (Lipinski definition) is 1. The normalized spacial score (nSPS) is 11.8. The Hall–Kier alpha value is -1.75. The molecule has 0 radical (unpaired) electrons. The van der Waals surface area contributed by atoms with Crippen molar-refractivity contribution >= 4 is 5.97 Å². The average molecular weight is 267 g/mol. The summed E-state index contributed by atoms with van der Waals surface area (Å²) in [6.45, 7) is 2.60. The molecule has 0 amide bonds. The van der Waals surface area contributed by atoms with Crippen LogP contribution in [0.5, 0.6) is 11.5 Å². The number of carbonyl (C=O) groups is 1. The third-order valence-electron chi connectivity index (χ3n) is 2.91. The van der Waals surface area contributed by atoms with Crippen molar-refractivity contribution in [2.45, 2.75) is 19.4 Å². The van der Waals surface area contributed by atoms with Crippen molar-refractivity contribution < 1.29 is 19.0 Å². The standard InChI is InChI=1S/C14H21NO4/c1-10(15-8-7-14(16)19-4)11-5-6-12(17-2)13(9-11)18-3/h5-6,9-10,15H,7-8H2,1-4H3. The molecule has 0 heterocycles. The Balaban J connectivity index is 2.61. The second-order valence-electron chi connectivity index (χ2n) is 4.12. The Morgan fingerprint density at radius 3 is 2.47 bits per heavy atom. The van der Waals surface area contributed by atoms with Gasteiger partial charge in [-0.1, -0.05) is 6.07 Å². The molecule has 1 aromatic carbocycles. The number of nitrogens with one attached hydrogen (secondary N) is 1. The van der Waals surface area contributed by atoms with Gasteiger partial charge in [-0.3, -0.25) is 4.79 Å². The highest BCUT2D eigenvalue weighted by Crippen LogP contribution is 2.29. The lowest BCUT2D eigenvalue weighted by Crippen LogP contribution is -2.22. The molecule has 106 valence electrons. The number of esters is 1. The Kier molecular flexibility index (Phi) is 6.15. The summed E-state index contributed by atoms with van der Waals surface area (Å²) in [6.07, 6.45) is 0.355. The second kappa shape index (κ2) is 7.63. The van der Waals surface area contributed by atoms with Crippen LogP contribution >= 0.6 is 0 Å². The minimum absolute atomic E-state index is 0.115. The van der Waals surface area contributed by atoms with Crippen molar-refractivity contribution in [2.75, 3.05) is 27.9 Å². The van der Waals surface area contributed by atoms with Gasteiger partial charge in [0, 0.05) is 12.6 Å². The van der Waals surface area contributed by atoms with Crippen LogP contribution in [0.2, 0.25) is 0 Å². The Labute approximate surface area is 113 Å². The lowest BCUT2D eigenvalue weighted by molar-refractivity contribution is -0.140. The van der Waals surface area contributed by atoms with Crippen LogP contribution < -0.4 is 14.8 Å². The summed E-state index contributed by atoms with van der Waals surface area (Å²) in [5, 5.41) is 3.26. The van der Waals surface area contributed by atoms with E-state index >= 15 is 0 Å². The fourth-order valence-electron chi connectivity index (χ4n) is 1.73. The van der Waals surface area contributed by atoms with E-state index in [0.29, 0.717) is 24.5 Å². The summed E-state index contributed by atoms with van der Waals surface area (Å²) in [5.74, 6) is 1.18. The number of rotatable bonds is 7. The lowest BCUT2D eigenvalue weighted by atomic mass is 10.1. The minimum atomic E-state index is -0.216. The molecular formula is C14H21NO4. The zero-order chi connectivity index (χ0) is 14.3. The molecule has 5 nitrogen and oxygen atoms in total. The van der Waals surface area contributed by atoms with E-state index in [-0.39, 0.29) is 12.0 Å². The van der Waals surface area contributed by atoms with Crippen LogP contribution in [0.15, 0.2) is 18.2 Å². The van der Waals surface area contributed by atoms with Gasteiger partial charge in [0.15, 0.2) is 11.5 Å². The van der Waals surface area contributed by atoms with Crippen molar-refractivity contribution in [2.24, 2.45) is 0 Å². The SMILES string of the molecule is COC(=O)CCNC(C)c1ccc(OC)c(OC)c1. The van der Waals surface area contributed by atoms with Crippen LogP contribution in [0.4, 0.5) is 0 Å². The molecule has 5 heteroatoms. The molecule has 1 unspecified atom stereocenters. The van der Waals surface area contributed by atoms with Gasteiger partial charge in [-0.2, -0.15) is 0 Å². The Morgan fingerprint density at radius 1 is 1.21 bits per heavy atom. The quantitative estimate of drug-likeness (QED) is 0.765. The van der Waals surface area contributed by atoms with E-state index in [0.717, 1.165) is 5.56 Å². The summed E-state index contributed by atoms with van der Waals surface area (Å²) in [5.41, 5.74) is 1.07. The molecule has 0 aliphatic carbocycles. The molecule has 0 saturated heterocycles. The Bertz CT molecular complexity index is 420. The second-order valence-corrected chi connectivity index (χ2v) is 4.12. The Morgan fingerprint density at radius 2 is 1.89 bits per heavy atom. The van der Waals surface area contributed by atoms with E-state index < -0.39 is 0 Å². The van der Waals surface area contributed by atoms with E-state index in [1.165, 1.54) is 7.11 Å². The molecule has 19 heavy (non-hydrogen) atoms. The molecule has 1 rings (SSSR count). The van der Waals surface area contributed by atoms with Gasteiger partial charge in [0.05, 0.1) is 27.8 Å². The molecule has 1 aromatic rings. The summed E-state index contributed by atoms with van der Waals surface area (Å²) < 4.78 is 15.0. The molecule has 0 saturated carbocycles. The smallest absolute Gasteiger partial charge is 0.306 e. The van der Waals surface area contributed by atoms with Gasteiger partial charge >= 0.3 is 5.97 Å². The van der Waals surface area contributed by atoms with E-state index in [1.807, 2.05) is 25.1 Å². The zero-order valence-corrected chi connectivity index (χ0v) is 11.9. The fourth-order valence-corrected chi connectivity index (χ4v) is 1.73. The fraction of sp³-hybridized carbons (Fsp3) is 0.500. The number of benzene rings is 1. The third-order valence-corrected chi connectivity index (χ3v) is 2.91. The summed E-state index contributed by atoms with van der Waals surface area (Å²) in [6, 6.07) is 5.88. The molecule has 0 bridgehead atoms. The molecule has 1 atom stereocenters. The highest BCUT2D eigenvalue weighted by Gasteiger charge is 2.10. The number of ether oxygens (including phenoxy) is 3. The molecule has 0 spiro atoms. The largest absolute Gasteiger partial charge is 0.493 e. The molecule has 0 aliphatic rings.